The highest BCUT2D eigenvalue weighted by atomic mass is 16.5. The second-order valence-corrected chi connectivity index (χ2v) is 7.70. The van der Waals surface area contributed by atoms with E-state index in [-0.39, 0.29) is 0 Å². The lowest BCUT2D eigenvalue weighted by molar-refractivity contribution is 0.340. The van der Waals surface area contributed by atoms with Gasteiger partial charge in [0.25, 0.3) is 5.89 Å². The quantitative estimate of drug-likeness (QED) is 0.309. The van der Waals surface area contributed by atoms with Crippen molar-refractivity contribution in [2.45, 2.75) is 13.8 Å². The summed E-state index contributed by atoms with van der Waals surface area (Å²) < 4.78 is 22.6. The van der Waals surface area contributed by atoms with Crippen LogP contribution >= 0.6 is 0 Å². The van der Waals surface area contributed by atoms with Crippen LogP contribution in [0.2, 0.25) is 0 Å². The second kappa shape index (κ2) is 9.23. The van der Waals surface area contributed by atoms with Crippen LogP contribution in [0, 0.1) is 6.92 Å². The van der Waals surface area contributed by atoms with Gasteiger partial charge in [-0.05, 0) is 68.4 Å². The van der Waals surface area contributed by atoms with Crippen LogP contribution in [0.4, 0.5) is 5.69 Å². The summed E-state index contributed by atoms with van der Waals surface area (Å²) in [7, 11) is 1.62. The summed E-state index contributed by atoms with van der Waals surface area (Å²) in [6.45, 7) is 4.58. The molecule has 170 valence electrons. The predicted octanol–water partition coefficient (Wildman–Crippen LogP) is 6.10. The molecule has 2 heterocycles. The van der Waals surface area contributed by atoms with Crippen molar-refractivity contribution in [2.75, 3.05) is 13.7 Å². The summed E-state index contributed by atoms with van der Waals surface area (Å²) in [6, 6.07) is 23.0. The number of aromatic nitrogens is 2. The van der Waals surface area contributed by atoms with E-state index in [9.17, 15) is 0 Å². The lowest BCUT2D eigenvalue weighted by Crippen LogP contribution is -2.06. The average Bonchev–Trinajstić information content (AvgIpc) is 3.35. The maximum Gasteiger partial charge on any atom is 0.258 e. The Morgan fingerprint density at radius 3 is 2.41 bits per heavy atom. The van der Waals surface area contributed by atoms with Crippen LogP contribution in [0.25, 0.3) is 33.8 Å². The molecule has 0 saturated heterocycles. The Balaban J connectivity index is 1.65. The van der Waals surface area contributed by atoms with E-state index in [1.807, 2.05) is 86.6 Å². The molecule has 0 N–H and O–H groups in total. The van der Waals surface area contributed by atoms with Gasteiger partial charge in [0, 0.05) is 17.0 Å². The minimum absolute atomic E-state index is 0.362. The highest BCUT2D eigenvalue weighted by Crippen LogP contribution is 2.26. The molecule has 0 amide bonds. The number of ether oxygens (including phenoxy) is 2. The van der Waals surface area contributed by atoms with Crippen molar-refractivity contribution in [3.63, 3.8) is 0 Å². The third kappa shape index (κ3) is 4.41. The van der Waals surface area contributed by atoms with Gasteiger partial charge in [0.2, 0.25) is 11.4 Å². The molecule has 0 radical (unpaired) electrons. The van der Waals surface area contributed by atoms with Crippen LogP contribution in [-0.4, -0.2) is 23.9 Å². The molecule has 0 fully saturated rings. The average molecular weight is 453 g/mol. The van der Waals surface area contributed by atoms with Gasteiger partial charge in [-0.25, -0.2) is 4.99 Å². The fourth-order valence-electron chi connectivity index (χ4n) is 3.52. The summed E-state index contributed by atoms with van der Waals surface area (Å²) in [5, 5.41) is 5.08. The van der Waals surface area contributed by atoms with E-state index in [0.717, 1.165) is 22.3 Å². The monoisotopic (exact) mass is 453 g/mol. The molecule has 3 aromatic carbocycles. The zero-order valence-corrected chi connectivity index (χ0v) is 19.1. The Morgan fingerprint density at radius 2 is 1.68 bits per heavy atom. The first kappa shape index (κ1) is 21.5. The van der Waals surface area contributed by atoms with Gasteiger partial charge in [-0.2, -0.15) is 4.98 Å². The summed E-state index contributed by atoms with van der Waals surface area (Å²) >= 11 is 0. The molecule has 0 unspecified atom stereocenters. The number of hydrogen-bond donors (Lipinski definition) is 0. The molecule has 5 aromatic rings. The molecular weight excluding hydrogens is 430 g/mol. The van der Waals surface area contributed by atoms with Crippen molar-refractivity contribution in [1.82, 2.24) is 10.1 Å². The molecule has 0 spiro atoms. The van der Waals surface area contributed by atoms with E-state index in [4.69, 9.17) is 23.4 Å². The van der Waals surface area contributed by atoms with Gasteiger partial charge in [-0.3, -0.25) is 0 Å². The molecule has 0 bridgehead atoms. The van der Waals surface area contributed by atoms with Crippen LogP contribution in [0.5, 0.6) is 11.5 Å². The van der Waals surface area contributed by atoms with Gasteiger partial charge in [-0.15, -0.1) is 0 Å². The number of aryl methyl sites for hydroxylation is 1. The Morgan fingerprint density at radius 1 is 0.912 bits per heavy atom. The fraction of sp³-hybridized carbons (Fsp3) is 0.148. The maximum atomic E-state index is 6.20. The van der Waals surface area contributed by atoms with E-state index < -0.39 is 0 Å². The van der Waals surface area contributed by atoms with Gasteiger partial charge < -0.3 is 18.4 Å². The first-order valence-electron chi connectivity index (χ1n) is 10.9. The molecule has 7 heteroatoms. The van der Waals surface area contributed by atoms with E-state index in [1.54, 1.807) is 7.11 Å². The number of rotatable bonds is 6. The Hall–Kier alpha value is -4.39. The van der Waals surface area contributed by atoms with Crippen LogP contribution in [-0.2, 0) is 0 Å². The number of nitrogens with zero attached hydrogens (tertiary/aromatic N) is 3. The molecule has 0 atom stereocenters. The third-order valence-electron chi connectivity index (χ3n) is 5.30. The second-order valence-electron chi connectivity index (χ2n) is 7.70. The van der Waals surface area contributed by atoms with E-state index in [0.29, 0.717) is 46.5 Å². The van der Waals surface area contributed by atoms with Gasteiger partial charge >= 0.3 is 0 Å². The van der Waals surface area contributed by atoms with E-state index in [1.165, 1.54) is 0 Å². The number of fused-ring (bicyclic) bond motifs is 1. The minimum Gasteiger partial charge on any atom is -0.497 e. The van der Waals surface area contributed by atoms with Crippen LogP contribution < -0.4 is 15.0 Å². The van der Waals surface area contributed by atoms with Crippen molar-refractivity contribution in [1.29, 1.82) is 0 Å². The third-order valence-corrected chi connectivity index (χ3v) is 5.30. The number of hydrogen-bond acceptors (Lipinski definition) is 7. The lowest BCUT2D eigenvalue weighted by Gasteiger charge is -2.05. The van der Waals surface area contributed by atoms with Crippen molar-refractivity contribution >= 4 is 16.7 Å². The van der Waals surface area contributed by atoms with Crippen molar-refractivity contribution in [2.24, 2.45) is 4.99 Å². The Kier molecular flexibility index (Phi) is 5.82. The van der Waals surface area contributed by atoms with E-state index >= 15 is 0 Å². The zero-order valence-electron chi connectivity index (χ0n) is 19.1. The molecule has 34 heavy (non-hydrogen) atoms. The summed E-state index contributed by atoms with van der Waals surface area (Å²) in [6.07, 6.45) is 0. The fourth-order valence-corrected chi connectivity index (χ4v) is 3.52. The number of benzene rings is 3. The van der Waals surface area contributed by atoms with E-state index in [2.05, 4.69) is 10.1 Å². The van der Waals surface area contributed by atoms with Gasteiger partial charge in [0.05, 0.1) is 25.0 Å². The topological polar surface area (TPSA) is 82.9 Å². The first-order valence-corrected chi connectivity index (χ1v) is 10.9. The maximum absolute atomic E-state index is 6.20. The minimum atomic E-state index is 0.362. The Bertz CT molecular complexity index is 1500. The van der Waals surface area contributed by atoms with Crippen molar-refractivity contribution in [3.8, 4) is 34.3 Å². The summed E-state index contributed by atoms with van der Waals surface area (Å²) in [5.41, 5.74) is 4.32. The van der Waals surface area contributed by atoms with Gasteiger partial charge in [0.1, 0.15) is 17.1 Å². The van der Waals surface area contributed by atoms with Crippen LogP contribution in [0.3, 0.4) is 0 Å². The van der Waals surface area contributed by atoms with Crippen molar-refractivity contribution in [3.05, 3.63) is 83.9 Å². The lowest BCUT2D eigenvalue weighted by atomic mass is 10.1. The highest BCUT2D eigenvalue weighted by molar-refractivity contribution is 5.81. The molecular formula is C27H23N3O4. The standard InChI is InChI=1S/C27H23N3O4/c1-4-32-21-13-10-20(11-14-21)28-27-23(15-19-9-12-22(31-3)16-24(19)33-27)25-29-26(34-30-25)18-7-5-17(2)6-8-18/h5-16H,4H2,1-3H3. The van der Waals surface area contributed by atoms with Gasteiger partial charge in [-0.1, -0.05) is 22.9 Å². The zero-order chi connectivity index (χ0) is 23.5. The molecule has 2 aromatic heterocycles. The van der Waals surface area contributed by atoms with Crippen LogP contribution in [0.15, 0.2) is 86.7 Å². The molecule has 7 nitrogen and oxygen atoms in total. The number of methoxy groups -OCH3 is 1. The highest BCUT2D eigenvalue weighted by Gasteiger charge is 2.15. The Labute approximate surface area is 196 Å². The normalized spacial score (nSPS) is 11.7. The molecule has 0 saturated carbocycles. The van der Waals surface area contributed by atoms with Gasteiger partial charge in [0.15, 0.2) is 0 Å². The molecule has 5 rings (SSSR count). The summed E-state index contributed by atoms with van der Waals surface area (Å²) in [4.78, 5) is 9.35. The summed E-state index contributed by atoms with van der Waals surface area (Å²) in [5.74, 6) is 2.29. The largest absolute Gasteiger partial charge is 0.497 e. The van der Waals surface area contributed by atoms with Crippen LogP contribution in [0.1, 0.15) is 12.5 Å². The molecule has 0 aliphatic rings. The van der Waals surface area contributed by atoms with Crippen molar-refractivity contribution < 1.29 is 18.4 Å². The molecule has 0 aliphatic carbocycles. The SMILES string of the molecule is CCOc1ccc(N=c2oc3cc(OC)ccc3cc2-c2noc(-c3ccc(C)cc3)n2)cc1. The predicted molar refractivity (Wildman–Crippen MR) is 129 cm³/mol. The smallest absolute Gasteiger partial charge is 0.258 e. The first-order chi connectivity index (χ1) is 16.6. The molecule has 0 aliphatic heterocycles.